The lowest BCUT2D eigenvalue weighted by molar-refractivity contribution is -0.127. The van der Waals surface area contributed by atoms with Crippen molar-refractivity contribution in [3.05, 3.63) is 35.6 Å². The molecule has 1 aromatic rings. The second kappa shape index (κ2) is 6.74. The van der Waals surface area contributed by atoms with Crippen molar-refractivity contribution in [3.8, 4) is 0 Å². The molecule has 0 fully saturated rings. The zero-order chi connectivity index (χ0) is 13.5. The summed E-state index contributed by atoms with van der Waals surface area (Å²) < 4.78 is 13.3. The SMILES string of the molecule is CC(=O)N[C@H](C)C(=O)NCCc1ccccc1F. The van der Waals surface area contributed by atoms with Crippen LogP contribution in [0.4, 0.5) is 4.39 Å². The van der Waals surface area contributed by atoms with Gasteiger partial charge in [-0.1, -0.05) is 18.2 Å². The third-order valence-corrected chi connectivity index (χ3v) is 2.46. The van der Waals surface area contributed by atoms with Crippen LogP contribution < -0.4 is 10.6 Å². The first-order valence-electron chi connectivity index (χ1n) is 5.79. The highest BCUT2D eigenvalue weighted by atomic mass is 19.1. The Kier molecular flexibility index (Phi) is 5.30. The van der Waals surface area contributed by atoms with Crippen molar-refractivity contribution in [1.82, 2.24) is 10.6 Å². The summed E-state index contributed by atoms with van der Waals surface area (Å²) in [5.74, 6) is -0.810. The molecule has 0 bridgehead atoms. The summed E-state index contributed by atoms with van der Waals surface area (Å²) in [7, 11) is 0. The summed E-state index contributed by atoms with van der Waals surface area (Å²) in [6, 6.07) is 5.86. The lowest BCUT2D eigenvalue weighted by Crippen LogP contribution is -2.44. The van der Waals surface area contributed by atoms with Crippen molar-refractivity contribution in [3.63, 3.8) is 0 Å². The fourth-order valence-corrected chi connectivity index (χ4v) is 1.55. The minimum Gasteiger partial charge on any atom is -0.354 e. The van der Waals surface area contributed by atoms with Gasteiger partial charge >= 0.3 is 0 Å². The van der Waals surface area contributed by atoms with E-state index < -0.39 is 6.04 Å². The maximum atomic E-state index is 13.3. The molecule has 0 aliphatic carbocycles. The van der Waals surface area contributed by atoms with Crippen molar-refractivity contribution < 1.29 is 14.0 Å². The summed E-state index contributed by atoms with van der Waals surface area (Å²) in [5.41, 5.74) is 0.560. The van der Waals surface area contributed by atoms with Crippen LogP contribution in [0.15, 0.2) is 24.3 Å². The van der Waals surface area contributed by atoms with Gasteiger partial charge < -0.3 is 10.6 Å². The summed E-state index contributed by atoms with van der Waals surface area (Å²) in [4.78, 5) is 22.3. The molecule has 5 heteroatoms. The number of nitrogens with one attached hydrogen (secondary N) is 2. The van der Waals surface area contributed by atoms with Gasteiger partial charge in [-0.05, 0) is 25.0 Å². The Labute approximate surface area is 106 Å². The van der Waals surface area contributed by atoms with E-state index in [0.29, 0.717) is 18.5 Å². The van der Waals surface area contributed by atoms with Gasteiger partial charge in [-0.15, -0.1) is 0 Å². The topological polar surface area (TPSA) is 58.2 Å². The van der Waals surface area contributed by atoms with Crippen LogP contribution in [-0.4, -0.2) is 24.4 Å². The highest BCUT2D eigenvalue weighted by Gasteiger charge is 2.12. The van der Waals surface area contributed by atoms with Gasteiger partial charge in [0.25, 0.3) is 0 Å². The highest BCUT2D eigenvalue weighted by molar-refractivity contribution is 5.86. The van der Waals surface area contributed by atoms with Crippen LogP contribution in [0.5, 0.6) is 0 Å². The summed E-state index contributed by atoms with van der Waals surface area (Å²) in [5, 5.41) is 5.12. The molecule has 2 N–H and O–H groups in total. The van der Waals surface area contributed by atoms with E-state index in [-0.39, 0.29) is 17.6 Å². The van der Waals surface area contributed by atoms with Gasteiger partial charge in [0.05, 0.1) is 0 Å². The molecule has 98 valence electrons. The number of carbonyl (C=O) groups excluding carboxylic acids is 2. The molecule has 1 rings (SSSR count). The second-order valence-electron chi connectivity index (χ2n) is 4.05. The molecular weight excluding hydrogens is 235 g/mol. The Morgan fingerprint density at radius 3 is 2.61 bits per heavy atom. The third-order valence-electron chi connectivity index (χ3n) is 2.46. The molecule has 0 aliphatic heterocycles. The van der Waals surface area contributed by atoms with Crippen LogP contribution >= 0.6 is 0 Å². The summed E-state index contributed by atoms with van der Waals surface area (Å²) in [6.07, 6.45) is 0.422. The number of benzene rings is 1. The minimum absolute atomic E-state index is 0.258. The van der Waals surface area contributed by atoms with E-state index in [4.69, 9.17) is 0 Å². The molecule has 4 nitrogen and oxygen atoms in total. The highest BCUT2D eigenvalue weighted by Crippen LogP contribution is 2.06. The summed E-state index contributed by atoms with van der Waals surface area (Å²) >= 11 is 0. The lowest BCUT2D eigenvalue weighted by atomic mass is 10.1. The minimum atomic E-state index is -0.580. The van der Waals surface area contributed by atoms with Gasteiger partial charge in [-0.25, -0.2) is 4.39 Å². The first-order chi connectivity index (χ1) is 8.50. The predicted molar refractivity (Wildman–Crippen MR) is 66.4 cm³/mol. The molecule has 0 aliphatic rings. The molecule has 1 atom stereocenters. The number of halogens is 1. The van der Waals surface area contributed by atoms with Crippen molar-refractivity contribution in [1.29, 1.82) is 0 Å². The van der Waals surface area contributed by atoms with Crippen LogP contribution in [0.1, 0.15) is 19.4 Å². The maximum absolute atomic E-state index is 13.3. The molecule has 0 aromatic heterocycles. The first kappa shape index (κ1) is 14.2. The second-order valence-corrected chi connectivity index (χ2v) is 4.05. The van der Waals surface area contributed by atoms with Gasteiger partial charge in [0.15, 0.2) is 0 Å². The van der Waals surface area contributed by atoms with Crippen LogP contribution in [0.2, 0.25) is 0 Å². The van der Waals surface area contributed by atoms with Crippen molar-refractivity contribution in [2.24, 2.45) is 0 Å². The maximum Gasteiger partial charge on any atom is 0.242 e. The largest absolute Gasteiger partial charge is 0.354 e. The van der Waals surface area contributed by atoms with Crippen LogP contribution in [0, 0.1) is 5.82 Å². The molecule has 0 radical (unpaired) electrons. The molecule has 18 heavy (non-hydrogen) atoms. The Morgan fingerprint density at radius 1 is 1.33 bits per heavy atom. The molecule has 0 unspecified atom stereocenters. The smallest absolute Gasteiger partial charge is 0.242 e. The van der Waals surface area contributed by atoms with Crippen molar-refractivity contribution >= 4 is 11.8 Å². The van der Waals surface area contributed by atoms with E-state index in [1.54, 1.807) is 25.1 Å². The third kappa shape index (κ3) is 4.53. The van der Waals surface area contributed by atoms with E-state index in [1.165, 1.54) is 13.0 Å². The number of rotatable bonds is 5. The zero-order valence-corrected chi connectivity index (χ0v) is 10.5. The molecule has 2 amide bonds. The van der Waals surface area contributed by atoms with Crippen LogP contribution in [-0.2, 0) is 16.0 Å². The number of carbonyl (C=O) groups is 2. The van der Waals surface area contributed by atoms with Gasteiger partial charge in [0.1, 0.15) is 11.9 Å². The standard InChI is InChI=1S/C13H17FN2O2/c1-9(16-10(2)17)13(18)15-8-7-11-5-3-4-6-12(11)14/h3-6,9H,7-8H2,1-2H3,(H,15,18)(H,16,17)/t9-/m1/s1. The Bertz CT molecular complexity index is 435. The van der Waals surface area contributed by atoms with E-state index in [2.05, 4.69) is 10.6 Å². The fraction of sp³-hybridized carbons (Fsp3) is 0.385. The van der Waals surface area contributed by atoms with Gasteiger partial charge in [-0.3, -0.25) is 9.59 Å². The Morgan fingerprint density at radius 2 is 2.00 bits per heavy atom. The molecule has 1 aromatic carbocycles. The number of amides is 2. The average Bonchev–Trinajstić information content (AvgIpc) is 2.30. The van der Waals surface area contributed by atoms with E-state index in [0.717, 1.165) is 0 Å². The molecular formula is C13H17FN2O2. The molecule has 0 saturated carbocycles. The van der Waals surface area contributed by atoms with Gasteiger partial charge in [0.2, 0.25) is 11.8 Å². The quantitative estimate of drug-likeness (QED) is 0.821. The van der Waals surface area contributed by atoms with Gasteiger partial charge in [0, 0.05) is 13.5 Å². The lowest BCUT2D eigenvalue weighted by Gasteiger charge is -2.12. The fourth-order valence-electron chi connectivity index (χ4n) is 1.55. The van der Waals surface area contributed by atoms with E-state index >= 15 is 0 Å². The Balaban J connectivity index is 2.36. The molecule has 0 saturated heterocycles. The predicted octanol–water partition coefficient (Wildman–Crippen LogP) is 1.01. The van der Waals surface area contributed by atoms with Crippen LogP contribution in [0.3, 0.4) is 0 Å². The van der Waals surface area contributed by atoms with E-state index in [1.807, 2.05) is 0 Å². The Hall–Kier alpha value is -1.91. The molecule has 0 heterocycles. The normalized spacial score (nSPS) is 11.7. The van der Waals surface area contributed by atoms with Crippen LogP contribution in [0.25, 0.3) is 0 Å². The monoisotopic (exact) mass is 252 g/mol. The van der Waals surface area contributed by atoms with E-state index in [9.17, 15) is 14.0 Å². The zero-order valence-electron chi connectivity index (χ0n) is 10.5. The summed E-state index contributed by atoms with van der Waals surface area (Å²) in [6.45, 7) is 3.28. The van der Waals surface area contributed by atoms with Gasteiger partial charge in [-0.2, -0.15) is 0 Å². The molecule has 0 spiro atoms. The van der Waals surface area contributed by atoms with Crippen molar-refractivity contribution in [2.45, 2.75) is 26.3 Å². The number of hydrogen-bond donors (Lipinski definition) is 2. The van der Waals surface area contributed by atoms with Crippen molar-refractivity contribution in [2.75, 3.05) is 6.54 Å². The number of hydrogen-bond acceptors (Lipinski definition) is 2. The average molecular weight is 252 g/mol. The first-order valence-corrected chi connectivity index (χ1v) is 5.79.